The minimum absolute atomic E-state index is 0.0932. The average Bonchev–Trinajstić information content (AvgIpc) is 2.28. The minimum atomic E-state index is -0.467. The fourth-order valence-electron chi connectivity index (χ4n) is 1.39. The molecule has 0 aromatic heterocycles. The zero-order chi connectivity index (χ0) is 12.0. The highest BCUT2D eigenvalue weighted by Crippen LogP contribution is 2.09. The van der Waals surface area contributed by atoms with Crippen LogP contribution in [0.5, 0.6) is 0 Å². The Hall–Kier alpha value is -1.66. The Bertz CT molecular complexity index is 407. The van der Waals surface area contributed by atoms with Crippen molar-refractivity contribution in [3.63, 3.8) is 0 Å². The molecule has 84 valence electrons. The molecule has 1 N–H and O–H groups in total. The standard InChI is InChI=1S/C13H15FN2/c1-3-4-10(2)16-9-11-5-6-13(14)12(7-11)8-15/h3,5-7,10,16H,1,4,9H2,2H3. The van der Waals surface area contributed by atoms with Gasteiger partial charge in [0, 0.05) is 12.6 Å². The van der Waals surface area contributed by atoms with Crippen LogP contribution in [-0.2, 0) is 6.54 Å². The van der Waals surface area contributed by atoms with E-state index in [9.17, 15) is 4.39 Å². The van der Waals surface area contributed by atoms with Crippen molar-refractivity contribution in [2.45, 2.75) is 25.9 Å². The smallest absolute Gasteiger partial charge is 0.140 e. The van der Waals surface area contributed by atoms with Crippen molar-refractivity contribution in [1.82, 2.24) is 5.32 Å². The Morgan fingerprint density at radius 2 is 2.38 bits per heavy atom. The predicted octanol–water partition coefficient (Wildman–Crippen LogP) is 2.75. The molecule has 1 unspecified atom stereocenters. The van der Waals surface area contributed by atoms with Gasteiger partial charge in [-0.05, 0) is 31.0 Å². The summed E-state index contributed by atoms with van der Waals surface area (Å²) in [5.74, 6) is -0.467. The van der Waals surface area contributed by atoms with Crippen LogP contribution in [-0.4, -0.2) is 6.04 Å². The minimum Gasteiger partial charge on any atom is -0.310 e. The monoisotopic (exact) mass is 218 g/mol. The summed E-state index contributed by atoms with van der Waals surface area (Å²) in [6, 6.07) is 6.74. The van der Waals surface area contributed by atoms with Crippen LogP contribution >= 0.6 is 0 Å². The second kappa shape index (κ2) is 6.04. The van der Waals surface area contributed by atoms with E-state index in [4.69, 9.17) is 5.26 Å². The first kappa shape index (κ1) is 12.4. The van der Waals surface area contributed by atoms with E-state index in [0.717, 1.165) is 12.0 Å². The normalized spacial score (nSPS) is 11.8. The van der Waals surface area contributed by atoms with Gasteiger partial charge in [0.2, 0.25) is 0 Å². The molecule has 1 aromatic carbocycles. The first-order chi connectivity index (χ1) is 7.67. The molecule has 0 saturated carbocycles. The summed E-state index contributed by atoms with van der Waals surface area (Å²) in [6.45, 7) is 6.34. The van der Waals surface area contributed by atoms with Gasteiger partial charge >= 0.3 is 0 Å². The molecule has 0 aliphatic heterocycles. The van der Waals surface area contributed by atoms with E-state index in [0.29, 0.717) is 12.6 Å². The van der Waals surface area contributed by atoms with Gasteiger partial charge in [-0.3, -0.25) is 0 Å². The molecule has 0 aliphatic carbocycles. The summed E-state index contributed by atoms with van der Waals surface area (Å²) < 4.78 is 13.0. The van der Waals surface area contributed by atoms with Crippen LogP contribution < -0.4 is 5.32 Å². The second-order valence-electron chi connectivity index (χ2n) is 3.73. The first-order valence-electron chi connectivity index (χ1n) is 5.20. The summed E-state index contributed by atoms with van der Waals surface area (Å²) in [5, 5.41) is 11.9. The molecular weight excluding hydrogens is 203 g/mol. The van der Waals surface area contributed by atoms with Gasteiger partial charge in [-0.15, -0.1) is 6.58 Å². The maximum absolute atomic E-state index is 13.0. The van der Waals surface area contributed by atoms with Gasteiger partial charge in [-0.25, -0.2) is 4.39 Å². The Labute approximate surface area is 95.4 Å². The van der Waals surface area contributed by atoms with E-state index in [2.05, 4.69) is 18.8 Å². The van der Waals surface area contributed by atoms with Crippen molar-refractivity contribution in [3.05, 3.63) is 47.8 Å². The maximum atomic E-state index is 13.0. The first-order valence-corrected chi connectivity index (χ1v) is 5.20. The molecule has 3 heteroatoms. The van der Waals surface area contributed by atoms with E-state index in [-0.39, 0.29) is 5.56 Å². The molecule has 1 aromatic rings. The van der Waals surface area contributed by atoms with Crippen LogP contribution in [0.15, 0.2) is 30.9 Å². The van der Waals surface area contributed by atoms with Crippen LogP contribution in [0.25, 0.3) is 0 Å². The molecule has 2 nitrogen and oxygen atoms in total. The van der Waals surface area contributed by atoms with Crippen LogP contribution in [0.2, 0.25) is 0 Å². The number of nitriles is 1. The SMILES string of the molecule is C=CCC(C)NCc1ccc(F)c(C#N)c1. The predicted molar refractivity (Wildman–Crippen MR) is 62.2 cm³/mol. The zero-order valence-corrected chi connectivity index (χ0v) is 9.33. The van der Waals surface area contributed by atoms with E-state index >= 15 is 0 Å². The number of nitrogens with one attached hydrogen (secondary N) is 1. The van der Waals surface area contributed by atoms with Crippen molar-refractivity contribution in [2.75, 3.05) is 0 Å². The molecule has 0 amide bonds. The Kier molecular flexibility index (Phi) is 4.68. The molecule has 0 spiro atoms. The molecular formula is C13H15FN2. The van der Waals surface area contributed by atoms with Crippen LogP contribution in [0.3, 0.4) is 0 Å². The average molecular weight is 218 g/mol. The molecule has 0 saturated heterocycles. The third kappa shape index (κ3) is 3.48. The number of hydrogen-bond donors (Lipinski definition) is 1. The fraction of sp³-hybridized carbons (Fsp3) is 0.308. The maximum Gasteiger partial charge on any atom is 0.140 e. The highest BCUT2D eigenvalue weighted by atomic mass is 19.1. The lowest BCUT2D eigenvalue weighted by molar-refractivity contribution is 0.552. The van der Waals surface area contributed by atoms with Gasteiger partial charge in [-0.2, -0.15) is 5.26 Å². The summed E-state index contributed by atoms with van der Waals surface area (Å²) >= 11 is 0. The third-order valence-corrected chi connectivity index (χ3v) is 2.33. The van der Waals surface area contributed by atoms with Crippen LogP contribution in [0, 0.1) is 17.1 Å². The molecule has 0 radical (unpaired) electrons. The van der Waals surface area contributed by atoms with E-state index in [1.165, 1.54) is 6.07 Å². The number of hydrogen-bond acceptors (Lipinski definition) is 2. The van der Waals surface area contributed by atoms with Crippen molar-refractivity contribution in [3.8, 4) is 6.07 Å². The van der Waals surface area contributed by atoms with E-state index < -0.39 is 5.82 Å². The highest BCUT2D eigenvalue weighted by molar-refractivity contribution is 5.34. The molecule has 0 bridgehead atoms. The van der Waals surface area contributed by atoms with Gasteiger partial charge < -0.3 is 5.32 Å². The lowest BCUT2D eigenvalue weighted by Crippen LogP contribution is -2.24. The van der Waals surface area contributed by atoms with Gasteiger partial charge in [-0.1, -0.05) is 12.1 Å². The molecule has 1 atom stereocenters. The van der Waals surface area contributed by atoms with Crippen molar-refractivity contribution in [1.29, 1.82) is 5.26 Å². The molecule has 0 aliphatic rings. The Morgan fingerprint density at radius 1 is 1.62 bits per heavy atom. The topological polar surface area (TPSA) is 35.8 Å². The van der Waals surface area contributed by atoms with Gasteiger partial charge in [0.1, 0.15) is 11.9 Å². The lowest BCUT2D eigenvalue weighted by Gasteiger charge is -2.11. The van der Waals surface area contributed by atoms with Crippen molar-refractivity contribution in [2.24, 2.45) is 0 Å². The Balaban J connectivity index is 2.61. The van der Waals surface area contributed by atoms with E-state index in [1.807, 2.05) is 12.1 Å². The zero-order valence-electron chi connectivity index (χ0n) is 9.33. The third-order valence-electron chi connectivity index (χ3n) is 2.33. The van der Waals surface area contributed by atoms with Crippen LogP contribution in [0.1, 0.15) is 24.5 Å². The molecule has 0 fully saturated rings. The van der Waals surface area contributed by atoms with Gasteiger partial charge in [0.15, 0.2) is 0 Å². The largest absolute Gasteiger partial charge is 0.310 e. The molecule has 1 rings (SSSR count). The molecule has 0 heterocycles. The van der Waals surface area contributed by atoms with Crippen molar-refractivity contribution < 1.29 is 4.39 Å². The van der Waals surface area contributed by atoms with Crippen LogP contribution in [0.4, 0.5) is 4.39 Å². The quantitative estimate of drug-likeness (QED) is 0.771. The summed E-state index contributed by atoms with van der Waals surface area (Å²) in [4.78, 5) is 0. The van der Waals surface area contributed by atoms with Gasteiger partial charge in [0.05, 0.1) is 5.56 Å². The summed E-state index contributed by atoms with van der Waals surface area (Å²) in [7, 11) is 0. The van der Waals surface area contributed by atoms with E-state index in [1.54, 1.807) is 12.1 Å². The molecule has 16 heavy (non-hydrogen) atoms. The second-order valence-corrected chi connectivity index (χ2v) is 3.73. The summed E-state index contributed by atoms with van der Waals surface area (Å²) in [5.41, 5.74) is 1.00. The lowest BCUT2D eigenvalue weighted by atomic mass is 10.1. The van der Waals surface area contributed by atoms with Crippen molar-refractivity contribution >= 4 is 0 Å². The number of nitrogens with zero attached hydrogens (tertiary/aromatic N) is 1. The highest BCUT2D eigenvalue weighted by Gasteiger charge is 2.03. The summed E-state index contributed by atoms with van der Waals surface area (Å²) in [6.07, 6.45) is 2.73. The number of benzene rings is 1. The number of rotatable bonds is 5. The fourth-order valence-corrected chi connectivity index (χ4v) is 1.39. The Morgan fingerprint density at radius 3 is 3.00 bits per heavy atom. The number of halogens is 1. The van der Waals surface area contributed by atoms with Gasteiger partial charge in [0.25, 0.3) is 0 Å².